The number of likely N-dealkylation sites (N-methyl/N-ethyl adjacent to an activating group) is 2. The molecule has 2 heterocycles. The minimum absolute atomic E-state index is 0.114. The van der Waals surface area contributed by atoms with Crippen LogP contribution < -0.4 is 5.32 Å². The normalized spacial score (nSPS) is 29.3. The highest BCUT2D eigenvalue weighted by molar-refractivity contribution is 5.78. The Kier molecular flexibility index (Phi) is 4.78. The maximum Gasteiger partial charge on any atom is 0.236 e. The van der Waals surface area contributed by atoms with Crippen molar-refractivity contribution in [1.82, 2.24) is 15.1 Å². The highest BCUT2D eigenvalue weighted by Gasteiger charge is 2.35. The van der Waals surface area contributed by atoms with Crippen LogP contribution in [0.4, 0.5) is 0 Å². The first-order chi connectivity index (χ1) is 9.10. The van der Waals surface area contributed by atoms with Crippen LogP contribution >= 0.6 is 0 Å². The molecule has 0 saturated carbocycles. The van der Waals surface area contributed by atoms with Gasteiger partial charge in [0.1, 0.15) is 0 Å². The Hall–Kier alpha value is -1.12. The van der Waals surface area contributed by atoms with Gasteiger partial charge in [0, 0.05) is 31.7 Å². The van der Waals surface area contributed by atoms with E-state index in [0.29, 0.717) is 37.6 Å². The van der Waals surface area contributed by atoms with Crippen LogP contribution in [0.3, 0.4) is 0 Å². The van der Waals surface area contributed by atoms with Gasteiger partial charge in [-0.15, -0.1) is 0 Å². The smallest absolute Gasteiger partial charge is 0.236 e. The number of hydrogen-bond acceptors (Lipinski definition) is 4. The maximum atomic E-state index is 12.0. The predicted molar refractivity (Wildman–Crippen MR) is 73.5 cm³/mol. The molecule has 1 amide bonds. The van der Waals surface area contributed by atoms with E-state index in [0.717, 1.165) is 12.8 Å². The summed E-state index contributed by atoms with van der Waals surface area (Å²) in [7, 11) is 3.82. The summed E-state index contributed by atoms with van der Waals surface area (Å²) >= 11 is 0. The minimum Gasteiger partial charge on any atom is -0.344 e. The first kappa shape index (κ1) is 14.3. The van der Waals surface area contributed by atoms with Crippen molar-refractivity contribution in [2.24, 2.45) is 0 Å². The van der Waals surface area contributed by atoms with E-state index in [2.05, 4.69) is 16.3 Å². The average Bonchev–Trinajstić information content (AvgIpc) is 2.74. The van der Waals surface area contributed by atoms with Gasteiger partial charge in [-0.2, -0.15) is 5.26 Å². The van der Waals surface area contributed by atoms with Gasteiger partial charge >= 0.3 is 0 Å². The molecule has 106 valence electrons. The molecule has 0 aromatic carbocycles. The van der Waals surface area contributed by atoms with E-state index < -0.39 is 0 Å². The van der Waals surface area contributed by atoms with E-state index in [1.165, 1.54) is 12.8 Å². The third kappa shape index (κ3) is 3.68. The van der Waals surface area contributed by atoms with Crippen molar-refractivity contribution in [2.75, 3.05) is 27.2 Å². The summed E-state index contributed by atoms with van der Waals surface area (Å²) < 4.78 is 0. The second-order valence-corrected chi connectivity index (χ2v) is 5.90. The van der Waals surface area contributed by atoms with Gasteiger partial charge in [-0.25, -0.2) is 0 Å². The molecule has 1 N–H and O–H groups in total. The Balaban J connectivity index is 1.79. The third-order valence-electron chi connectivity index (χ3n) is 4.44. The molecule has 0 radical (unpaired) electrons. The molecule has 5 heteroatoms. The number of piperidine rings is 1. The van der Waals surface area contributed by atoms with E-state index in [4.69, 9.17) is 5.26 Å². The van der Waals surface area contributed by atoms with Crippen LogP contribution in [0, 0.1) is 11.3 Å². The molecule has 2 saturated heterocycles. The van der Waals surface area contributed by atoms with Crippen LogP contribution in [0.1, 0.15) is 32.1 Å². The Morgan fingerprint density at radius 3 is 2.53 bits per heavy atom. The average molecular weight is 264 g/mol. The van der Waals surface area contributed by atoms with E-state index >= 15 is 0 Å². The van der Waals surface area contributed by atoms with Crippen molar-refractivity contribution in [2.45, 2.75) is 50.2 Å². The predicted octanol–water partition coefficient (Wildman–Crippen LogP) is 0.573. The summed E-state index contributed by atoms with van der Waals surface area (Å²) in [5, 5.41) is 12.2. The molecule has 0 aliphatic carbocycles. The van der Waals surface area contributed by atoms with E-state index in [9.17, 15) is 4.79 Å². The fourth-order valence-electron chi connectivity index (χ4n) is 3.19. The van der Waals surface area contributed by atoms with Crippen molar-refractivity contribution in [3.05, 3.63) is 0 Å². The zero-order chi connectivity index (χ0) is 13.8. The highest BCUT2D eigenvalue weighted by Crippen LogP contribution is 2.29. The van der Waals surface area contributed by atoms with Crippen LogP contribution in [0.5, 0.6) is 0 Å². The number of rotatable bonds is 5. The van der Waals surface area contributed by atoms with E-state index in [1.807, 2.05) is 7.05 Å². The van der Waals surface area contributed by atoms with Crippen LogP contribution in [0.25, 0.3) is 0 Å². The largest absolute Gasteiger partial charge is 0.344 e. The molecule has 19 heavy (non-hydrogen) atoms. The van der Waals surface area contributed by atoms with Crippen molar-refractivity contribution in [3.8, 4) is 6.07 Å². The van der Waals surface area contributed by atoms with Gasteiger partial charge in [0.05, 0.1) is 19.0 Å². The molecule has 2 fully saturated rings. The second kappa shape index (κ2) is 6.36. The first-order valence-electron chi connectivity index (χ1n) is 7.17. The molecular weight excluding hydrogens is 240 g/mol. The number of nitriles is 1. The second-order valence-electron chi connectivity index (χ2n) is 5.90. The summed E-state index contributed by atoms with van der Waals surface area (Å²) in [5.41, 5.74) is 0. The molecule has 0 aromatic heterocycles. The lowest BCUT2D eigenvalue weighted by Crippen LogP contribution is -2.49. The highest BCUT2D eigenvalue weighted by atomic mass is 16.2. The summed E-state index contributed by atoms with van der Waals surface area (Å²) in [6, 6.07) is 3.90. The molecule has 2 bridgehead atoms. The lowest BCUT2D eigenvalue weighted by atomic mass is 9.98. The Morgan fingerprint density at radius 2 is 1.95 bits per heavy atom. The first-order valence-corrected chi connectivity index (χ1v) is 7.17. The van der Waals surface area contributed by atoms with Gasteiger partial charge in [-0.05, 0) is 32.7 Å². The molecule has 2 rings (SSSR count). The number of fused-ring (bicyclic) bond motifs is 2. The zero-order valence-corrected chi connectivity index (χ0v) is 11.9. The van der Waals surface area contributed by atoms with Crippen molar-refractivity contribution in [3.63, 3.8) is 0 Å². The number of carbonyl (C=O) groups is 1. The molecule has 5 nitrogen and oxygen atoms in total. The fourth-order valence-corrected chi connectivity index (χ4v) is 3.19. The van der Waals surface area contributed by atoms with Crippen molar-refractivity contribution >= 4 is 5.91 Å². The molecule has 2 aliphatic heterocycles. The van der Waals surface area contributed by atoms with Crippen LogP contribution in [-0.2, 0) is 4.79 Å². The van der Waals surface area contributed by atoms with Gasteiger partial charge in [0.25, 0.3) is 0 Å². The van der Waals surface area contributed by atoms with Crippen LogP contribution in [0.15, 0.2) is 0 Å². The van der Waals surface area contributed by atoms with Gasteiger partial charge in [0.2, 0.25) is 5.91 Å². The third-order valence-corrected chi connectivity index (χ3v) is 4.44. The number of carbonyl (C=O) groups excluding carboxylic acids is 1. The van der Waals surface area contributed by atoms with Crippen molar-refractivity contribution < 1.29 is 4.79 Å². The minimum atomic E-state index is 0.114. The molecule has 2 atom stereocenters. The van der Waals surface area contributed by atoms with E-state index in [1.54, 1.807) is 11.9 Å². The van der Waals surface area contributed by atoms with Gasteiger partial charge < -0.3 is 10.2 Å². The maximum absolute atomic E-state index is 12.0. The van der Waals surface area contributed by atoms with Crippen LogP contribution in [-0.4, -0.2) is 61.0 Å². The summed E-state index contributed by atoms with van der Waals surface area (Å²) in [4.78, 5) is 15.9. The molecule has 2 unspecified atom stereocenters. The topological polar surface area (TPSA) is 59.4 Å². The molecule has 0 aromatic rings. The van der Waals surface area contributed by atoms with Crippen LogP contribution in [0.2, 0.25) is 0 Å². The monoisotopic (exact) mass is 264 g/mol. The van der Waals surface area contributed by atoms with Gasteiger partial charge in [-0.3, -0.25) is 9.69 Å². The summed E-state index contributed by atoms with van der Waals surface area (Å²) in [6.45, 7) is 0.993. The lowest BCUT2D eigenvalue weighted by Gasteiger charge is -2.35. The van der Waals surface area contributed by atoms with Crippen molar-refractivity contribution in [1.29, 1.82) is 5.26 Å². The quantitative estimate of drug-likeness (QED) is 0.789. The fraction of sp³-hybridized carbons (Fsp3) is 0.857. The lowest BCUT2D eigenvalue weighted by molar-refractivity contribution is -0.131. The summed E-state index contributed by atoms with van der Waals surface area (Å²) in [5.74, 6) is 0.114. The number of amides is 1. The van der Waals surface area contributed by atoms with Gasteiger partial charge in [0.15, 0.2) is 0 Å². The Labute approximate surface area is 115 Å². The number of nitrogens with one attached hydrogen (secondary N) is 1. The number of nitrogens with zero attached hydrogens (tertiary/aromatic N) is 3. The Bertz CT molecular complexity index is 353. The standard InChI is InChI=1S/C14H24N4O/c1-17(7-3-6-15)14(19)10-18(2)13-8-11-4-5-12(9-13)16-11/h11-13,16H,3-5,7-10H2,1-2H3. The molecule has 2 aliphatic rings. The molecule has 0 spiro atoms. The molecular formula is C14H24N4O. The van der Waals surface area contributed by atoms with E-state index in [-0.39, 0.29) is 5.91 Å². The number of hydrogen-bond donors (Lipinski definition) is 1. The zero-order valence-electron chi connectivity index (χ0n) is 11.9. The summed E-state index contributed by atoms with van der Waals surface area (Å²) in [6.07, 6.45) is 5.28. The SMILES string of the molecule is CN(CCC#N)C(=O)CN(C)C1CC2CCC(C1)N2. The Morgan fingerprint density at radius 1 is 1.32 bits per heavy atom. The van der Waals surface area contributed by atoms with Gasteiger partial charge in [-0.1, -0.05) is 0 Å².